The molecule has 0 saturated heterocycles. The first kappa shape index (κ1) is 35.7. The molecule has 3 atom stereocenters. The lowest BCUT2D eigenvalue weighted by atomic mass is 9.61. The first-order chi connectivity index (χ1) is 22.4. The Kier molecular flexibility index (Phi) is 9.41. The zero-order valence-corrected chi connectivity index (χ0v) is 31.4. The van der Waals surface area contributed by atoms with Crippen molar-refractivity contribution in [3.05, 3.63) is 72.8 Å². The first-order valence-electron chi connectivity index (χ1n) is 16.8. The molecule has 0 bridgehead atoms. The lowest BCUT2D eigenvalue weighted by Crippen LogP contribution is -2.61. The number of ether oxygens (including phenoxy) is 3. The Labute approximate surface area is 293 Å². The predicted molar refractivity (Wildman–Crippen MR) is 198 cm³/mol. The Morgan fingerprint density at radius 3 is 2.42 bits per heavy atom. The molecule has 3 aromatic carbocycles. The highest BCUT2D eigenvalue weighted by Gasteiger charge is 2.58. The molecule has 3 unspecified atom stereocenters. The number of fused-ring (bicyclic) bond motifs is 4. The standard InChI is InChI=1S/C40H49BrN2O5/c1-11-13-22-46-34(44)30(38(7,8)41)24-39(9,12-2)37(5,6)35(45)47-27-20-18-26-19-21-32-33(28(26)23-27)42-25-40(48-32)36(3,4)29-16-14-15-17-31(29)43(40)10/h12,14-21,23,25,30H,2,11,13,22,24H2,1,3-10H3. The van der Waals surface area contributed by atoms with Gasteiger partial charge in [-0.2, -0.15) is 0 Å². The summed E-state index contributed by atoms with van der Waals surface area (Å²) in [6.45, 7) is 20.4. The highest BCUT2D eigenvalue weighted by molar-refractivity contribution is 9.10. The SMILES string of the molecule is C=CC(C)(CC(C(=O)OCCCC)C(C)(C)Br)C(C)(C)C(=O)Oc1ccc2ccc3c(c2c1)N=CC1(O3)N(C)c2ccccc2C1(C)C. The number of carbonyl (C=O) groups is 2. The molecule has 256 valence electrons. The average molecular weight is 718 g/mol. The van der Waals surface area contributed by atoms with E-state index in [1.807, 2.05) is 78.2 Å². The average Bonchev–Trinajstić information content (AvgIpc) is 3.20. The fourth-order valence-corrected chi connectivity index (χ4v) is 7.28. The van der Waals surface area contributed by atoms with Gasteiger partial charge in [0.15, 0.2) is 0 Å². The molecule has 2 aliphatic heterocycles. The normalized spacial score (nSPS) is 20.0. The second-order valence-corrected chi connectivity index (χ2v) is 17.1. The Balaban J connectivity index is 1.42. The summed E-state index contributed by atoms with van der Waals surface area (Å²) in [4.78, 5) is 34.4. The number of carbonyl (C=O) groups excluding carboxylic acids is 2. The third-order valence-corrected chi connectivity index (χ3v) is 11.5. The van der Waals surface area contributed by atoms with Gasteiger partial charge in [0, 0.05) is 27.9 Å². The molecular formula is C40H49BrN2O5. The van der Waals surface area contributed by atoms with E-state index in [1.165, 1.54) is 5.56 Å². The van der Waals surface area contributed by atoms with Gasteiger partial charge < -0.3 is 19.1 Å². The smallest absolute Gasteiger partial charge is 0.317 e. The molecule has 0 radical (unpaired) electrons. The van der Waals surface area contributed by atoms with Gasteiger partial charge in [0.2, 0.25) is 5.72 Å². The largest absolute Gasteiger partial charge is 0.465 e. The number of likely N-dealkylation sites (N-methyl/N-ethyl adjacent to an activating group) is 1. The monoisotopic (exact) mass is 716 g/mol. The lowest BCUT2D eigenvalue weighted by molar-refractivity contribution is -0.156. The Morgan fingerprint density at radius 2 is 1.77 bits per heavy atom. The molecule has 2 heterocycles. The van der Waals surface area contributed by atoms with Crippen LogP contribution in [0.4, 0.5) is 11.4 Å². The maximum atomic E-state index is 14.0. The molecule has 0 fully saturated rings. The molecular weight excluding hydrogens is 668 g/mol. The molecule has 0 aliphatic carbocycles. The maximum absolute atomic E-state index is 14.0. The second kappa shape index (κ2) is 12.7. The summed E-state index contributed by atoms with van der Waals surface area (Å²) in [5, 5.41) is 1.77. The zero-order chi connectivity index (χ0) is 35.3. The van der Waals surface area contributed by atoms with E-state index < -0.39 is 32.8 Å². The summed E-state index contributed by atoms with van der Waals surface area (Å²) in [5.74, 6) is -0.171. The number of unbranched alkanes of at least 4 members (excludes halogenated alkanes) is 1. The van der Waals surface area contributed by atoms with Crippen LogP contribution in [0, 0.1) is 16.7 Å². The van der Waals surface area contributed by atoms with Crippen LogP contribution in [0.1, 0.15) is 80.2 Å². The molecule has 7 nitrogen and oxygen atoms in total. The van der Waals surface area contributed by atoms with Gasteiger partial charge in [-0.3, -0.25) is 14.6 Å². The minimum Gasteiger partial charge on any atom is -0.465 e. The van der Waals surface area contributed by atoms with E-state index in [1.54, 1.807) is 12.1 Å². The predicted octanol–water partition coefficient (Wildman–Crippen LogP) is 9.71. The highest BCUT2D eigenvalue weighted by Crippen LogP contribution is 2.54. The van der Waals surface area contributed by atoms with Crippen LogP contribution in [0.3, 0.4) is 0 Å². The number of hydrogen-bond donors (Lipinski definition) is 0. The number of benzene rings is 3. The van der Waals surface area contributed by atoms with Crippen LogP contribution in [0.25, 0.3) is 10.8 Å². The van der Waals surface area contributed by atoms with Crippen LogP contribution < -0.4 is 14.4 Å². The Hall–Kier alpha value is -3.65. The van der Waals surface area contributed by atoms with Crippen molar-refractivity contribution in [1.29, 1.82) is 0 Å². The van der Waals surface area contributed by atoms with Gasteiger partial charge in [-0.15, -0.1) is 6.58 Å². The number of para-hydroxylation sites is 1. The van der Waals surface area contributed by atoms with Crippen LogP contribution in [-0.2, 0) is 19.7 Å². The molecule has 0 aromatic heterocycles. The minimum atomic E-state index is -1.04. The molecule has 0 amide bonds. The Bertz CT molecular complexity index is 1770. The summed E-state index contributed by atoms with van der Waals surface area (Å²) >= 11 is 3.71. The van der Waals surface area contributed by atoms with Crippen molar-refractivity contribution in [2.75, 3.05) is 18.6 Å². The number of nitrogens with zero attached hydrogens (tertiary/aromatic N) is 2. The summed E-state index contributed by atoms with van der Waals surface area (Å²) < 4.78 is 18.0. The number of alkyl halides is 1. The molecule has 5 rings (SSSR count). The molecule has 1 spiro atoms. The third-order valence-electron chi connectivity index (χ3n) is 11.0. The highest BCUT2D eigenvalue weighted by atomic mass is 79.9. The number of rotatable bonds is 11. The Morgan fingerprint density at radius 1 is 1.08 bits per heavy atom. The number of aliphatic imine (C=N–C) groups is 1. The number of allylic oxidation sites excluding steroid dienone is 1. The topological polar surface area (TPSA) is 77.4 Å². The van der Waals surface area contributed by atoms with E-state index in [2.05, 4.69) is 66.4 Å². The van der Waals surface area contributed by atoms with Crippen molar-refractivity contribution >= 4 is 56.2 Å². The fourth-order valence-electron chi connectivity index (χ4n) is 6.93. The summed E-state index contributed by atoms with van der Waals surface area (Å²) in [7, 11) is 2.04. The van der Waals surface area contributed by atoms with Gasteiger partial charge in [-0.25, -0.2) is 0 Å². The molecule has 48 heavy (non-hydrogen) atoms. The summed E-state index contributed by atoms with van der Waals surface area (Å²) in [5.41, 5.74) is -0.0117. The van der Waals surface area contributed by atoms with Gasteiger partial charge in [0.25, 0.3) is 0 Å². The summed E-state index contributed by atoms with van der Waals surface area (Å²) in [6.07, 6.45) is 5.74. The molecule has 0 N–H and O–H groups in total. The van der Waals surface area contributed by atoms with Crippen molar-refractivity contribution in [3.63, 3.8) is 0 Å². The van der Waals surface area contributed by atoms with E-state index in [0.717, 1.165) is 29.3 Å². The van der Waals surface area contributed by atoms with Crippen molar-refractivity contribution in [1.82, 2.24) is 0 Å². The van der Waals surface area contributed by atoms with Gasteiger partial charge in [0.1, 0.15) is 17.2 Å². The molecule has 2 aliphatic rings. The number of esters is 2. The number of halogens is 1. The van der Waals surface area contributed by atoms with Crippen molar-refractivity contribution in [2.24, 2.45) is 21.7 Å². The van der Waals surface area contributed by atoms with E-state index in [9.17, 15) is 9.59 Å². The van der Waals surface area contributed by atoms with Gasteiger partial charge >= 0.3 is 11.9 Å². The van der Waals surface area contributed by atoms with Crippen LogP contribution in [0.2, 0.25) is 0 Å². The first-order valence-corrected chi connectivity index (χ1v) is 17.6. The van der Waals surface area contributed by atoms with Crippen LogP contribution in [0.5, 0.6) is 11.5 Å². The van der Waals surface area contributed by atoms with E-state index in [-0.39, 0.29) is 11.4 Å². The second-order valence-electron chi connectivity index (χ2n) is 15.0. The molecule has 8 heteroatoms. The van der Waals surface area contributed by atoms with E-state index in [0.29, 0.717) is 30.2 Å². The van der Waals surface area contributed by atoms with Crippen LogP contribution in [-0.4, -0.2) is 41.9 Å². The maximum Gasteiger partial charge on any atom is 0.317 e. The van der Waals surface area contributed by atoms with E-state index in [4.69, 9.17) is 19.2 Å². The summed E-state index contributed by atoms with van der Waals surface area (Å²) in [6, 6.07) is 17.9. The van der Waals surface area contributed by atoms with Gasteiger partial charge in [-0.1, -0.05) is 72.6 Å². The number of anilines is 1. The van der Waals surface area contributed by atoms with Crippen LogP contribution in [0.15, 0.2) is 72.2 Å². The van der Waals surface area contributed by atoms with E-state index >= 15 is 0 Å². The van der Waals surface area contributed by atoms with Crippen LogP contribution >= 0.6 is 15.9 Å². The third kappa shape index (κ3) is 5.84. The quantitative estimate of drug-likeness (QED) is 0.0647. The van der Waals surface area contributed by atoms with Gasteiger partial charge in [-0.05, 0) is 89.6 Å². The fraction of sp³-hybridized carbons (Fsp3) is 0.475. The van der Waals surface area contributed by atoms with Crippen molar-refractivity contribution in [2.45, 2.75) is 90.1 Å². The number of hydrogen-bond acceptors (Lipinski definition) is 7. The van der Waals surface area contributed by atoms with Gasteiger partial charge in [0.05, 0.1) is 29.6 Å². The van der Waals surface area contributed by atoms with Crippen molar-refractivity contribution < 1.29 is 23.8 Å². The minimum absolute atomic E-state index is 0.289. The zero-order valence-electron chi connectivity index (χ0n) is 29.8. The molecule has 0 saturated carbocycles. The van der Waals surface area contributed by atoms with Crippen molar-refractivity contribution in [3.8, 4) is 11.5 Å². The lowest BCUT2D eigenvalue weighted by Gasteiger charge is -2.45. The molecule has 3 aromatic rings.